The summed E-state index contributed by atoms with van der Waals surface area (Å²) < 4.78 is 0. The second-order valence-electron chi connectivity index (χ2n) is 8.21. The SMILES string of the molecule is CCCCCCCCCCCCCCCCCC(=O)N(N)c1ccccc1[N+](=O)[O-]. The van der Waals surface area contributed by atoms with E-state index in [1.54, 1.807) is 12.1 Å². The highest BCUT2D eigenvalue weighted by Gasteiger charge is 2.20. The van der Waals surface area contributed by atoms with E-state index in [0.717, 1.165) is 24.3 Å². The number of carbonyl (C=O) groups is 1. The molecule has 0 aliphatic carbocycles. The molecule has 0 aliphatic heterocycles. The first-order chi connectivity index (χ1) is 14.6. The van der Waals surface area contributed by atoms with Gasteiger partial charge < -0.3 is 0 Å². The molecule has 0 radical (unpaired) electrons. The molecule has 0 saturated carbocycles. The number of nitrogens with zero attached hydrogens (tertiary/aromatic N) is 2. The summed E-state index contributed by atoms with van der Waals surface area (Å²) in [5.41, 5.74) is -0.00157. The molecule has 6 heteroatoms. The van der Waals surface area contributed by atoms with Crippen LogP contribution in [0.4, 0.5) is 11.4 Å². The van der Waals surface area contributed by atoms with E-state index >= 15 is 0 Å². The molecule has 170 valence electrons. The van der Waals surface area contributed by atoms with E-state index in [1.165, 1.54) is 89.2 Å². The molecule has 0 aromatic heterocycles. The molecule has 0 fully saturated rings. The second kappa shape index (κ2) is 16.8. The number of nitro groups is 1. The number of rotatable bonds is 18. The standard InChI is InChI=1S/C24H41N3O3/c1-2-3-4-5-6-7-8-9-10-11-12-13-14-15-16-21-24(28)26(25)22-19-17-18-20-23(22)27(29)30/h17-20H,2-16,21,25H2,1H3. The summed E-state index contributed by atoms with van der Waals surface area (Å²) in [7, 11) is 0. The summed E-state index contributed by atoms with van der Waals surface area (Å²) in [4.78, 5) is 22.8. The van der Waals surface area contributed by atoms with Crippen molar-refractivity contribution in [1.82, 2.24) is 0 Å². The van der Waals surface area contributed by atoms with Crippen molar-refractivity contribution < 1.29 is 9.72 Å². The quantitative estimate of drug-likeness (QED) is 0.0906. The first kappa shape index (κ1) is 26.1. The van der Waals surface area contributed by atoms with Gasteiger partial charge in [-0.1, -0.05) is 109 Å². The molecular weight excluding hydrogens is 378 g/mol. The van der Waals surface area contributed by atoms with Crippen molar-refractivity contribution in [1.29, 1.82) is 0 Å². The van der Waals surface area contributed by atoms with E-state index in [1.807, 2.05) is 0 Å². The highest BCUT2D eigenvalue weighted by Crippen LogP contribution is 2.26. The van der Waals surface area contributed by atoms with Gasteiger partial charge in [0.2, 0.25) is 5.91 Å². The third-order valence-electron chi connectivity index (χ3n) is 5.60. The predicted octanol–water partition coefficient (Wildman–Crippen LogP) is 7.06. The molecule has 0 heterocycles. The molecule has 6 nitrogen and oxygen atoms in total. The topological polar surface area (TPSA) is 89.5 Å². The lowest BCUT2D eigenvalue weighted by molar-refractivity contribution is -0.384. The molecule has 1 amide bonds. The molecule has 0 aliphatic rings. The highest BCUT2D eigenvalue weighted by atomic mass is 16.6. The normalized spacial score (nSPS) is 10.9. The molecule has 0 unspecified atom stereocenters. The van der Waals surface area contributed by atoms with Crippen molar-refractivity contribution in [3.8, 4) is 0 Å². The van der Waals surface area contributed by atoms with Gasteiger partial charge in [0.15, 0.2) is 0 Å². The smallest absolute Gasteiger partial charge is 0.273 e. The monoisotopic (exact) mass is 419 g/mol. The fourth-order valence-corrected chi connectivity index (χ4v) is 3.72. The Morgan fingerprint density at radius 1 is 0.833 bits per heavy atom. The largest absolute Gasteiger partial charge is 0.294 e. The maximum absolute atomic E-state index is 12.2. The number of nitrogens with two attached hydrogens (primary N) is 1. The number of hydrogen-bond acceptors (Lipinski definition) is 4. The van der Waals surface area contributed by atoms with Crippen molar-refractivity contribution in [3.05, 3.63) is 34.4 Å². The second-order valence-corrected chi connectivity index (χ2v) is 8.21. The van der Waals surface area contributed by atoms with Crippen LogP contribution in [-0.4, -0.2) is 10.8 Å². The zero-order valence-corrected chi connectivity index (χ0v) is 18.8. The van der Waals surface area contributed by atoms with E-state index in [4.69, 9.17) is 5.84 Å². The van der Waals surface area contributed by atoms with Gasteiger partial charge in [0, 0.05) is 12.5 Å². The van der Waals surface area contributed by atoms with Crippen LogP contribution in [0.3, 0.4) is 0 Å². The van der Waals surface area contributed by atoms with Crippen LogP contribution in [0.5, 0.6) is 0 Å². The van der Waals surface area contributed by atoms with Gasteiger partial charge in [-0.05, 0) is 12.5 Å². The molecule has 0 bridgehead atoms. The lowest BCUT2D eigenvalue weighted by Gasteiger charge is -2.16. The fraction of sp³-hybridized carbons (Fsp3) is 0.708. The Labute approximate surface area is 182 Å². The Bertz CT molecular complexity index is 607. The van der Waals surface area contributed by atoms with Gasteiger partial charge in [-0.2, -0.15) is 0 Å². The van der Waals surface area contributed by atoms with Crippen LogP contribution in [0.2, 0.25) is 0 Å². The zero-order valence-electron chi connectivity index (χ0n) is 18.8. The van der Waals surface area contributed by atoms with E-state index in [2.05, 4.69) is 6.92 Å². The van der Waals surface area contributed by atoms with E-state index in [0.29, 0.717) is 6.42 Å². The Kier molecular flexibility index (Phi) is 14.6. The van der Waals surface area contributed by atoms with Gasteiger partial charge in [0.25, 0.3) is 5.69 Å². The van der Waals surface area contributed by atoms with E-state index < -0.39 is 4.92 Å². The minimum absolute atomic E-state index is 0.147. The summed E-state index contributed by atoms with van der Waals surface area (Å²) in [6.07, 6.45) is 19.4. The molecule has 1 aromatic rings. The minimum atomic E-state index is -0.518. The molecule has 0 atom stereocenters. The fourth-order valence-electron chi connectivity index (χ4n) is 3.72. The number of benzene rings is 1. The molecule has 1 rings (SSSR count). The summed E-state index contributed by atoms with van der Waals surface area (Å²) in [5.74, 6) is 5.54. The molecule has 30 heavy (non-hydrogen) atoms. The summed E-state index contributed by atoms with van der Waals surface area (Å²) in [6.45, 7) is 2.26. The van der Waals surface area contributed by atoms with Crippen molar-refractivity contribution in [3.63, 3.8) is 0 Å². The van der Waals surface area contributed by atoms with Crippen molar-refractivity contribution in [2.24, 2.45) is 5.84 Å². The molecule has 0 saturated heterocycles. The minimum Gasteiger partial charge on any atom is -0.273 e. The average molecular weight is 420 g/mol. The lowest BCUT2D eigenvalue weighted by atomic mass is 10.0. The lowest BCUT2D eigenvalue weighted by Crippen LogP contribution is -2.37. The number of carbonyl (C=O) groups excluding carboxylic acids is 1. The van der Waals surface area contributed by atoms with Crippen LogP contribution < -0.4 is 10.9 Å². The molecular formula is C24H41N3O3. The summed E-state index contributed by atoms with van der Waals surface area (Å²) in [5, 5.41) is 12.0. The Balaban J connectivity index is 2.00. The van der Waals surface area contributed by atoms with Gasteiger partial charge in [0.1, 0.15) is 5.69 Å². The van der Waals surface area contributed by atoms with Gasteiger partial charge in [-0.3, -0.25) is 14.9 Å². The first-order valence-corrected chi connectivity index (χ1v) is 11.9. The third-order valence-corrected chi connectivity index (χ3v) is 5.60. The van der Waals surface area contributed by atoms with Gasteiger partial charge in [0.05, 0.1) is 4.92 Å². The molecule has 2 N–H and O–H groups in total. The molecule has 0 spiro atoms. The summed E-state index contributed by atoms with van der Waals surface area (Å²) in [6, 6.07) is 6.07. The van der Waals surface area contributed by atoms with Crippen LogP contribution in [0, 0.1) is 10.1 Å². The number of hydrogen-bond donors (Lipinski definition) is 1. The van der Waals surface area contributed by atoms with Crippen molar-refractivity contribution in [2.45, 2.75) is 110 Å². The Hall–Kier alpha value is -1.95. The number of anilines is 1. The number of hydrazine groups is 1. The highest BCUT2D eigenvalue weighted by molar-refractivity contribution is 5.94. The first-order valence-electron chi connectivity index (χ1n) is 11.9. The van der Waals surface area contributed by atoms with Crippen LogP contribution >= 0.6 is 0 Å². The van der Waals surface area contributed by atoms with Crippen LogP contribution in [-0.2, 0) is 4.79 Å². The van der Waals surface area contributed by atoms with Crippen LogP contribution in [0.15, 0.2) is 24.3 Å². The maximum atomic E-state index is 12.2. The molecule has 1 aromatic carbocycles. The maximum Gasteiger partial charge on any atom is 0.294 e. The number of nitro benzene ring substituents is 1. The van der Waals surface area contributed by atoms with Crippen LogP contribution in [0.1, 0.15) is 110 Å². The van der Waals surface area contributed by atoms with E-state index in [-0.39, 0.29) is 17.3 Å². The van der Waals surface area contributed by atoms with Gasteiger partial charge in [-0.15, -0.1) is 0 Å². The average Bonchev–Trinajstić information content (AvgIpc) is 2.75. The predicted molar refractivity (Wildman–Crippen MR) is 124 cm³/mol. The zero-order chi connectivity index (χ0) is 22.0. The van der Waals surface area contributed by atoms with Gasteiger partial charge >= 0.3 is 0 Å². The summed E-state index contributed by atoms with van der Waals surface area (Å²) >= 11 is 0. The Morgan fingerprint density at radius 2 is 1.27 bits per heavy atom. The van der Waals surface area contributed by atoms with Crippen LogP contribution in [0.25, 0.3) is 0 Å². The Morgan fingerprint density at radius 3 is 1.73 bits per heavy atom. The number of amides is 1. The van der Waals surface area contributed by atoms with E-state index in [9.17, 15) is 14.9 Å². The van der Waals surface area contributed by atoms with Gasteiger partial charge in [-0.25, -0.2) is 10.9 Å². The van der Waals surface area contributed by atoms with Crippen molar-refractivity contribution >= 4 is 17.3 Å². The number of para-hydroxylation sites is 2. The van der Waals surface area contributed by atoms with Crippen molar-refractivity contribution in [2.75, 3.05) is 5.01 Å². The third kappa shape index (κ3) is 11.3. The number of unbranched alkanes of at least 4 members (excludes halogenated alkanes) is 14.